The SMILES string of the molecule is CCOc1ccccc1-c1cc(C(=O)N/N=C(/C)c2ccc(Cl)cc2Cl)[nH]n1. The number of ether oxygens (including phenoxy) is 1. The van der Waals surface area contributed by atoms with E-state index in [0.717, 1.165) is 5.56 Å². The largest absolute Gasteiger partial charge is 0.493 e. The first-order valence-corrected chi connectivity index (χ1v) is 9.33. The van der Waals surface area contributed by atoms with Gasteiger partial charge in [-0.25, -0.2) is 5.43 Å². The fourth-order valence-corrected chi connectivity index (χ4v) is 3.12. The van der Waals surface area contributed by atoms with E-state index in [1.54, 1.807) is 31.2 Å². The zero-order valence-electron chi connectivity index (χ0n) is 15.3. The van der Waals surface area contributed by atoms with Crippen molar-refractivity contribution in [3.05, 3.63) is 69.8 Å². The number of benzene rings is 2. The van der Waals surface area contributed by atoms with E-state index in [-0.39, 0.29) is 5.69 Å². The standard InChI is InChI=1S/C20H18Cl2N4O2/c1-3-28-19-7-5-4-6-15(19)17-11-18(25-24-17)20(27)26-23-12(2)14-9-8-13(21)10-16(14)22/h4-11H,3H2,1-2H3,(H,24,25)(H,26,27)/b23-12-. The molecule has 2 aromatic carbocycles. The number of nitrogens with zero attached hydrogens (tertiary/aromatic N) is 2. The number of amides is 1. The number of H-pyrrole nitrogens is 1. The van der Waals surface area contributed by atoms with Gasteiger partial charge in [-0.05, 0) is 44.2 Å². The molecule has 0 spiro atoms. The molecule has 2 N–H and O–H groups in total. The maximum atomic E-state index is 12.4. The van der Waals surface area contributed by atoms with Crippen LogP contribution in [0.4, 0.5) is 0 Å². The maximum absolute atomic E-state index is 12.4. The number of hydrogen-bond acceptors (Lipinski definition) is 4. The fourth-order valence-electron chi connectivity index (χ4n) is 2.57. The molecule has 1 aromatic heterocycles. The molecule has 8 heteroatoms. The predicted octanol–water partition coefficient (Wildman–Crippen LogP) is 4.94. The van der Waals surface area contributed by atoms with Crippen molar-refractivity contribution in [3.63, 3.8) is 0 Å². The molecule has 0 radical (unpaired) electrons. The second kappa shape index (κ2) is 8.91. The first kappa shape index (κ1) is 19.9. The Morgan fingerprint density at radius 2 is 2.00 bits per heavy atom. The van der Waals surface area contributed by atoms with Crippen LogP contribution in [0.15, 0.2) is 53.6 Å². The minimum atomic E-state index is -0.419. The number of aromatic nitrogens is 2. The van der Waals surface area contributed by atoms with Gasteiger partial charge < -0.3 is 4.74 Å². The first-order chi connectivity index (χ1) is 13.5. The molecule has 6 nitrogen and oxygen atoms in total. The van der Waals surface area contributed by atoms with Gasteiger partial charge in [0.25, 0.3) is 5.91 Å². The van der Waals surface area contributed by atoms with Crippen molar-refractivity contribution >= 4 is 34.8 Å². The van der Waals surface area contributed by atoms with Crippen LogP contribution in [-0.2, 0) is 0 Å². The average molecular weight is 417 g/mol. The number of aromatic amines is 1. The molecular formula is C20H18Cl2N4O2. The predicted molar refractivity (Wildman–Crippen MR) is 111 cm³/mol. The van der Waals surface area contributed by atoms with Gasteiger partial charge in [0.1, 0.15) is 11.4 Å². The highest BCUT2D eigenvalue weighted by Crippen LogP contribution is 2.28. The fraction of sp³-hybridized carbons (Fsp3) is 0.150. The van der Waals surface area contributed by atoms with E-state index in [0.29, 0.717) is 39.4 Å². The third-order valence-electron chi connectivity index (χ3n) is 3.93. The van der Waals surface area contributed by atoms with Crippen LogP contribution in [0.3, 0.4) is 0 Å². The first-order valence-electron chi connectivity index (χ1n) is 8.57. The van der Waals surface area contributed by atoms with E-state index in [1.807, 2.05) is 31.2 Å². The molecule has 3 rings (SSSR count). The number of rotatable bonds is 6. The van der Waals surface area contributed by atoms with Gasteiger partial charge >= 0.3 is 0 Å². The number of hydrazone groups is 1. The molecule has 0 fully saturated rings. The second-order valence-corrected chi connectivity index (χ2v) is 6.70. The van der Waals surface area contributed by atoms with E-state index in [2.05, 4.69) is 20.7 Å². The van der Waals surface area contributed by atoms with E-state index >= 15 is 0 Å². The second-order valence-electron chi connectivity index (χ2n) is 5.86. The zero-order valence-corrected chi connectivity index (χ0v) is 16.8. The monoisotopic (exact) mass is 416 g/mol. The molecule has 0 bridgehead atoms. The lowest BCUT2D eigenvalue weighted by molar-refractivity contribution is 0.0950. The van der Waals surface area contributed by atoms with Gasteiger partial charge in [-0.15, -0.1) is 0 Å². The van der Waals surface area contributed by atoms with Crippen LogP contribution in [0.5, 0.6) is 5.75 Å². The van der Waals surface area contributed by atoms with Crippen LogP contribution in [0.25, 0.3) is 11.3 Å². The Morgan fingerprint density at radius 1 is 1.21 bits per heavy atom. The highest BCUT2D eigenvalue weighted by atomic mass is 35.5. The van der Waals surface area contributed by atoms with Crippen molar-refractivity contribution in [2.45, 2.75) is 13.8 Å². The zero-order chi connectivity index (χ0) is 20.1. The molecule has 1 heterocycles. The molecule has 0 atom stereocenters. The number of carbonyl (C=O) groups is 1. The topological polar surface area (TPSA) is 79.4 Å². The molecule has 1 amide bonds. The van der Waals surface area contributed by atoms with Crippen molar-refractivity contribution in [1.82, 2.24) is 15.6 Å². The lowest BCUT2D eigenvalue weighted by atomic mass is 10.1. The van der Waals surface area contributed by atoms with Gasteiger partial charge in [0.2, 0.25) is 0 Å². The molecule has 0 aliphatic rings. The van der Waals surface area contributed by atoms with Gasteiger partial charge in [-0.3, -0.25) is 9.89 Å². The van der Waals surface area contributed by atoms with E-state index in [4.69, 9.17) is 27.9 Å². The molecule has 0 aliphatic heterocycles. The number of nitrogens with one attached hydrogen (secondary N) is 2. The van der Waals surface area contributed by atoms with Crippen LogP contribution in [0.1, 0.15) is 29.9 Å². The molecule has 0 saturated carbocycles. The molecule has 0 unspecified atom stereocenters. The summed E-state index contributed by atoms with van der Waals surface area (Å²) in [5.41, 5.74) is 5.42. The van der Waals surface area contributed by atoms with Gasteiger partial charge in [-0.2, -0.15) is 10.2 Å². The summed E-state index contributed by atoms with van der Waals surface area (Å²) in [5, 5.41) is 12.0. The smallest absolute Gasteiger partial charge is 0.289 e. The molecule has 3 aromatic rings. The summed E-state index contributed by atoms with van der Waals surface area (Å²) in [5.74, 6) is 0.284. The van der Waals surface area contributed by atoms with Gasteiger partial charge in [0.15, 0.2) is 0 Å². The lowest BCUT2D eigenvalue weighted by Crippen LogP contribution is -2.19. The third-order valence-corrected chi connectivity index (χ3v) is 4.48. The number of para-hydroxylation sites is 1. The van der Waals surface area contributed by atoms with Crippen molar-refractivity contribution in [2.75, 3.05) is 6.61 Å². The Hall–Kier alpha value is -2.83. The highest BCUT2D eigenvalue weighted by Gasteiger charge is 2.14. The van der Waals surface area contributed by atoms with Crippen molar-refractivity contribution in [3.8, 4) is 17.0 Å². The van der Waals surface area contributed by atoms with E-state index in [9.17, 15) is 4.79 Å². The van der Waals surface area contributed by atoms with Crippen LogP contribution in [0.2, 0.25) is 10.0 Å². The van der Waals surface area contributed by atoms with E-state index in [1.165, 1.54) is 0 Å². The summed E-state index contributed by atoms with van der Waals surface area (Å²) in [6.45, 7) is 4.19. The number of halogens is 2. The Labute approximate surface area is 172 Å². The lowest BCUT2D eigenvalue weighted by Gasteiger charge is -2.07. The third kappa shape index (κ3) is 4.52. The summed E-state index contributed by atoms with van der Waals surface area (Å²) in [4.78, 5) is 12.4. The molecule has 0 aliphatic carbocycles. The normalized spacial score (nSPS) is 11.4. The van der Waals surface area contributed by atoms with Gasteiger partial charge in [0, 0.05) is 16.1 Å². The van der Waals surface area contributed by atoms with Crippen LogP contribution in [-0.4, -0.2) is 28.4 Å². The minimum absolute atomic E-state index is 0.278. The highest BCUT2D eigenvalue weighted by molar-refractivity contribution is 6.37. The summed E-state index contributed by atoms with van der Waals surface area (Å²) in [6.07, 6.45) is 0. The average Bonchev–Trinajstić information content (AvgIpc) is 3.16. The molecule has 28 heavy (non-hydrogen) atoms. The van der Waals surface area contributed by atoms with Crippen molar-refractivity contribution < 1.29 is 9.53 Å². The number of carbonyl (C=O) groups excluding carboxylic acids is 1. The van der Waals surface area contributed by atoms with Crippen LogP contribution >= 0.6 is 23.2 Å². The Balaban J connectivity index is 1.76. The van der Waals surface area contributed by atoms with Crippen LogP contribution < -0.4 is 10.2 Å². The van der Waals surface area contributed by atoms with Crippen LogP contribution in [0, 0.1) is 0 Å². The quantitative estimate of drug-likeness (QED) is 0.441. The Kier molecular flexibility index (Phi) is 6.34. The maximum Gasteiger partial charge on any atom is 0.289 e. The van der Waals surface area contributed by atoms with Crippen molar-refractivity contribution in [1.29, 1.82) is 0 Å². The summed E-state index contributed by atoms with van der Waals surface area (Å²) >= 11 is 12.1. The van der Waals surface area contributed by atoms with Gasteiger partial charge in [0.05, 0.1) is 23.0 Å². The number of hydrogen-bond donors (Lipinski definition) is 2. The van der Waals surface area contributed by atoms with Crippen molar-refractivity contribution in [2.24, 2.45) is 5.10 Å². The Bertz CT molecular complexity index is 1030. The minimum Gasteiger partial charge on any atom is -0.493 e. The summed E-state index contributed by atoms with van der Waals surface area (Å²) in [7, 11) is 0. The molecular weight excluding hydrogens is 399 g/mol. The summed E-state index contributed by atoms with van der Waals surface area (Å²) in [6, 6.07) is 14.2. The molecule has 144 valence electrons. The van der Waals surface area contributed by atoms with E-state index < -0.39 is 5.91 Å². The molecule has 0 saturated heterocycles. The van der Waals surface area contributed by atoms with Gasteiger partial charge in [-0.1, -0.05) is 41.4 Å². The Morgan fingerprint density at radius 3 is 2.75 bits per heavy atom. The summed E-state index contributed by atoms with van der Waals surface area (Å²) < 4.78 is 5.61.